The van der Waals surface area contributed by atoms with Crippen molar-refractivity contribution in [3.05, 3.63) is 30.1 Å². The van der Waals surface area contributed by atoms with Gasteiger partial charge in [0.2, 0.25) is 0 Å². The van der Waals surface area contributed by atoms with E-state index < -0.39 is 17.7 Å². The smallest absolute Gasteiger partial charge is 0.394 e. The van der Waals surface area contributed by atoms with Gasteiger partial charge in [-0.3, -0.25) is 4.79 Å². The van der Waals surface area contributed by atoms with Crippen LogP contribution >= 0.6 is 0 Å². The number of carboxylic acids is 1. The Balaban J connectivity index is 2.95. The third-order valence-corrected chi connectivity index (χ3v) is 1.68. The molecular formula is C9H8FNO3. The summed E-state index contributed by atoms with van der Waals surface area (Å²) in [5, 5.41) is 8.40. The lowest BCUT2D eigenvalue weighted by Gasteiger charge is -2.14. The fourth-order valence-electron chi connectivity index (χ4n) is 0.945. The van der Waals surface area contributed by atoms with Gasteiger partial charge in [-0.15, -0.1) is 0 Å². The van der Waals surface area contributed by atoms with Crippen molar-refractivity contribution in [1.82, 2.24) is 0 Å². The predicted octanol–water partition coefficient (Wildman–Crippen LogP) is 0.873. The Morgan fingerprint density at radius 3 is 2.57 bits per heavy atom. The molecule has 1 aromatic carbocycles. The molecule has 0 heterocycles. The van der Waals surface area contributed by atoms with Crippen molar-refractivity contribution < 1.29 is 19.1 Å². The van der Waals surface area contributed by atoms with Crippen molar-refractivity contribution in [3.63, 3.8) is 0 Å². The van der Waals surface area contributed by atoms with Crippen molar-refractivity contribution in [1.29, 1.82) is 0 Å². The maximum absolute atomic E-state index is 12.7. The van der Waals surface area contributed by atoms with Gasteiger partial charge in [0.1, 0.15) is 5.82 Å². The average molecular weight is 197 g/mol. The summed E-state index contributed by atoms with van der Waals surface area (Å²) < 4.78 is 12.7. The quantitative estimate of drug-likeness (QED) is 0.679. The van der Waals surface area contributed by atoms with Gasteiger partial charge < -0.3 is 10.0 Å². The highest BCUT2D eigenvalue weighted by Gasteiger charge is 2.18. The minimum Gasteiger partial charge on any atom is -0.474 e. The van der Waals surface area contributed by atoms with E-state index in [-0.39, 0.29) is 5.69 Å². The minimum absolute atomic E-state index is 0.206. The molecule has 1 N–H and O–H groups in total. The summed E-state index contributed by atoms with van der Waals surface area (Å²) >= 11 is 0. The molecular weight excluding hydrogens is 189 g/mol. The number of carboxylic acid groups (broad SMARTS) is 1. The molecule has 74 valence electrons. The molecule has 0 aliphatic heterocycles. The standard InChI is InChI=1S/C9H8FNO3/c1-11(8(12)9(13)14)7-4-2-3-6(10)5-7/h2-5H,1H3,(H,13,14). The number of anilines is 1. The van der Waals surface area contributed by atoms with Gasteiger partial charge in [0.15, 0.2) is 0 Å². The molecule has 1 amide bonds. The number of benzene rings is 1. The summed E-state index contributed by atoms with van der Waals surface area (Å²) in [6, 6.07) is 5.14. The third-order valence-electron chi connectivity index (χ3n) is 1.68. The van der Waals surface area contributed by atoms with Crippen LogP contribution in [-0.2, 0) is 9.59 Å². The Bertz CT molecular complexity index is 378. The molecule has 0 aliphatic rings. The molecule has 5 heteroatoms. The Morgan fingerprint density at radius 2 is 2.07 bits per heavy atom. The van der Waals surface area contributed by atoms with Crippen molar-refractivity contribution in [2.75, 3.05) is 11.9 Å². The Morgan fingerprint density at radius 1 is 1.43 bits per heavy atom. The summed E-state index contributed by atoms with van der Waals surface area (Å²) in [6.45, 7) is 0. The second-order valence-corrected chi connectivity index (χ2v) is 2.65. The van der Waals surface area contributed by atoms with Crippen LogP contribution in [0.5, 0.6) is 0 Å². The first-order valence-corrected chi connectivity index (χ1v) is 3.79. The van der Waals surface area contributed by atoms with Crippen molar-refractivity contribution in [2.45, 2.75) is 0 Å². The molecule has 1 rings (SSSR count). The monoisotopic (exact) mass is 197 g/mol. The number of rotatable bonds is 1. The van der Waals surface area contributed by atoms with Gasteiger partial charge in [-0.05, 0) is 18.2 Å². The number of hydrogen-bond acceptors (Lipinski definition) is 2. The maximum atomic E-state index is 12.7. The normalized spacial score (nSPS) is 9.57. The summed E-state index contributed by atoms with van der Waals surface area (Å²) in [6.07, 6.45) is 0. The van der Waals surface area contributed by atoms with Gasteiger partial charge in [0.05, 0.1) is 0 Å². The van der Waals surface area contributed by atoms with Crippen LogP contribution in [-0.4, -0.2) is 24.0 Å². The molecule has 0 saturated carbocycles. The van der Waals surface area contributed by atoms with Crippen molar-refractivity contribution in [2.24, 2.45) is 0 Å². The maximum Gasteiger partial charge on any atom is 0.394 e. The number of amides is 1. The van der Waals surface area contributed by atoms with E-state index in [1.807, 2.05) is 0 Å². The second-order valence-electron chi connectivity index (χ2n) is 2.65. The zero-order valence-electron chi connectivity index (χ0n) is 7.40. The molecule has 14 heavy (non-hydrogen) atoms. The summed E-state index contributed by atoms with van der Waals surface area (Å²) in [5.41, 5.74) is 0.206. The molecule has 4 nitrogen and oxygen atoms in total. The lowest BCUT2D eigenvalue weighted by atomic mass is 10.3. The van der Waals surface area contributed by atoms with Crippen molar-refractivity contribution in [3.8, 4) is 0 Å². The molecule has 0 saturated heterocycles. The fraction of sp³-hybridized carbons (Fsp3) is 0.111. The third kappa shape index (κ3) is 2.07. The van der Waals surface area contributed by atoms with E-state index in [0.717, 1.165) is 11.0 Å². The highest BCUT2D eigenvalue weighted by atomic mass is 19.1. The lowest BCUT2D eigenvalue weighted by molar-refractivity contribution is -0.148. The first-order valence-electron chi connectivity index (χ1n) is 3.79. The van der Waals surface area contributed by atoms with Crippen molar-refractivity contribution >= 4 is 17.6 Å². The van der Waals surface area contributed by atoms with Gasteiger partial charge in [0, 0.05) is 12.7 Å². The van der Waals surface area contributed by atoms with Crippen LogP contribution < -0.4 is 4.90 Å². The van der Waals surface area contributed by atoms with Gasteiger partial charge in [-0.2, -0.15) is 0 Å². The van der Waals surface area contributed by atoms with Crippen LogP contribution in [0.3, 0.4) is 0 Å². The molecule has 0 atom stereocenters. The number of hydrogen-bond donors (Lipinski definition) is 1. The van der Waals surface area contributed by atoms with E-state index in [1.165, 1.54) is 25.2 Å². The largest absolute Gasteiger partial charge is 0.474 e. The van der Waals surface area contributed by atoms with E-state index in [1.54, 1.807) is 0 Å². The Labute approximate surface area is 79.6 Å². The van der Waals surface area contributed by atoms with E-state index >= 15 is 0 Å². The second kappa shape index (κ2) is 3.87. The van der Waals surface area contributed by atoms with E-state index in [2.05, 4.69) is 0 Å². The molecule has 0 unspecified atom stereocenters. The highest BCUT2D eigenvalue weighted by Crippen LogP contribution is 2.13. The number of aliphatic carboxylic acids is 1. The number of nitrogens with zero attached hydrogens (tertiary/aromatic N) is 1. The molecule has 0 bridgehead atoms. The molecule has 0 radical (unpaired) electrons. The number of likely N-dealkylation sites (N-methyl/N-ethyl adjacent to an activating group) is 1. The van der Waals surface area contributed by atoms with Gasteiger partial charge in [0.25, 0.3) is 0 Å². The first kappa shape index (κ1) is 10.2. The van der Waals surface area contributed by atoms with E-state index in [0.29, 0.717) is 0 Å². The lowest BCUT2D eigenvalue weighted by Crippen LogP contribution is -2.32. The topological polar surface area (TPSA) is 57.6 Å². The van der Waals surface area contributed by atoms with Crippen LogP contribution in [0.2, 0.25) is 0 Å². The SMILES string of the molecule is CN(C(=O)C(=O)O)c1cccc(F)c1. The highest BCUT2D eigenvalue weighted by molar-refractivity contribution is 6.37. The zero-order chi connectivity index (χ0) is 10.7. The fourth-order valence-corrected chi connectivity index (χ4v) is 0.945. The Kier molecular flexibility index (Phi) is 2.81. The molecule has 0 aliphatic carbocycles. The number of carbonyl (C=O) groups is 2. The van der Waals surface area contributed by atoms with Gasteiger partial charge in [-0.25, -0.2) is 9.18 Å². The van der Waals surface area contributed by atoms with E-state index in [9.17, 15) is 14.0 Å². The molecule has 0 aromatic heterocycles. The van der Waals surface area contributed by atoms with Crippen LogP contribution in [0.15, 0.2) is 24.3 Å². The van der Waals surface area contributed by atoms with Crippen LogP contribution in [0.1, 0.15) is 0 Å². The van der Waals surface area contributed by atoms with Crippen LogP contribution in [0, 0.1) is 5.82 Å². The number of halogens is 1. The van der Waals surface area contributed by atoms with Crippen LogP contribution in [0.25, 0.3) is 0 Å². The summed E-state index contributed by atoms with van der Waals surface area (Å²) in [4.78, 5) is 22.1. The number of carbonyl (C=O) groups excluding carboxylic acids is 1. The van der Waals surface area contributed by atoms with Gasteiger partial charge in [-0.1, -0.05) is 6.07 Å². The predicted molar refractivity (Wildman–Crippen MR) is 47.4 cm³/mol. The van der Waals surface area contributed by atoms with E-state index in [4.69, 9.17) is 5.11 Å². The Hall–Kier alpha value is -1.91. The molecule has 0 spiro atoms. The zero-order valence-corrected chi connectivity index (χ0v) is 7.40. The summed E-state index contributed by atoms with van der Waals surface area (Å²) in [7, 11) is 1.27. The minimum atomic E-state index is -1.57. The average Bonchev–Trinajstić information content (AvgIpc) is 2.15. The van der Waals surface area contributed by atoms with Gasteiger partial charge >= 0.3 is 11.9 Å². The molecule has 1 aromatic rings. The van der Waals surface area contributed by atoms with Crippen LogP contribution in [0.4, 0.5) is 10.1 Å². The summed E-state index contributed by atoms with van der Waals surface area (Å²) in [5.74, 6) is -3.19. The molecule has 0 fully saturated rings. The first-order chi connectivity index (χ1) is 6.52.